The van der Waals surface area contributed by atoms with Gasteiger partial charge in [-0.1, -0.05) is 46.1 Å². The number of carbonyl (C=O) groups excluding carboxylic acids is 3. The fourth-order valence-electron chi connectivity index (χ4n) is 5.08. The molecule has 1 fully saturated rings. The molecule has 2 heterocycles. The maximum atomic E-state index is 13.5. The Morgan fingerprint density at radius 3 is 2.31 bits per heavy atom. The standard InChI is InChI=1S/C27H43N3O8Si/c1-9-14-36-24(34)28-12-11-13-29(25(35)37-15-10-2)17-18-16-19-20(22(31)30(19)21(18)23(32)33)27(6,26(3,4)5)38-39(7)8/h9-10,19-20,39H,1-2,11-17H2,3-8H3,(H,28,34)(H,32,33)/t19-,20-,27-/m1/s1. The van der Waals surface area contributed by atoms with E-state index in [1.54, 1.807) is 0 Å². The van der Waals surface area contributed by atoms with Crippen molar-refractivity contribution in [2.24, 2.45) is 11.3 Å². The lowest BCUT2D eigenvalue weighted by molar-refractivity contribution is -0.180. The average Bonchev–Trinajstić information content (AvgIpc) is 3.15. The van der Waals surface area contributed by atoms with Crippen LogP contribution in [-0.4, -0.2) is 92.5 Å². The van der Waals surface area contributed by atoms with E-state index in [2.05, 4.69) is 18.5 Å². The van der Waals surface area contributed by atoms with E-state index in [4.69, 9.17) is 13.9 Å². The van der Waals surface area contributed by atoms with Crippen LogP contribution < -0.4 is 5.32 Å². The van der Waals surface area contributed by atoms with Crippen molar-refractivity contribution in [2.45, 2.75) is 65.3 Å². The normalized spacial score (nSPS) is 20.1. The van der Waals surface area contributed by atoms with Gasteiger partial charge < -0.3 is 34.1 Å². The fraction of sp³-hybridized carbons (Fsp3) is 0.630. The Hall–Kier alpha value is -3.12. The molecule has 2 rings (SSSR count). The van der Waals surface area contributed by atoms with Gasteiger partial charge in [-0.2, -0.15) is 0 Å². The van der Waals surface area contributed by atoms with E-state index in [-0.39, 0.29) is 55.9 Å². The molecule has 3 amide bonds. The van der Waals surface area contributed by atoms with Crippen LogP contribution in [0.2, 0.25) is 13.1 Å². The first-order valence-electron chi connectivity index (χ1n) is 13.2. The number of alkyl carbamates (subject to hydrolysis) is 1. The van der Waals surface area contributed by atoms with Crippen molar-refractivity contribution in [3.63, 3.8) is 0 Å². The largest absolute Gasteiger partial charge is 0.477 e. The number of amides is 3. The van der Waals surface area contributed by atoms with Crippen molar-refractivity contribution in [2.75, 3.05) is 32.8 Å². The smallest absolute Gasteiger partial charge is 0.410 e. The molecule has 3 atom stereocenters. The van der Waals surface area contributed by atoms with E-state index in [0.29, 0.717) is 18.4 Å². The summed E-state index contributed by atoms with van der Waals surface area (Å²) in [6.45, 7) is 19.6. The predicted molar refractivity (Wildman–Crippen MR) is 149 cm³/mol. The Labute approximate surface area is 232 Å². The van der Waals surface area contributed by atoms with Gasteiger partial charge in [0.1, 0.15) is 18.9 Å². The minimum Gasteiger partial charge on any atom is -0.477 e. The van der Waals surface area contributed by atoms with Crippen LogP contribution in [0.25, 0.3) is 0 Å². The highest BCUT2D eigenvalue weighted by molar-refractivity contribution is 6.48. The van der Waals surface area contributed by atoms with Crippen LogP contribution in [0.5, 0.6) is 0 Å². The third kappa shape index (κ3) is 7.30. The summed E-state index contributed by atoms with van der Waals surface area (Å²) in [4.78, 5) is 53.0. The molecule has 2 aliphatic heterocycles. The van der Waals surface area contributed by atoms with Gasteiger partial charge in [0.05, 0.1) is 17.6 Å². The molecule has 0 aromatic heterocycles. The number of hydrogen-bond acceptors (Lipinski definition) is 7. The number of ether oxygens (including phenoxy) is 2. The number of fused-ring (bicyclic) bond motifs is 1. The molecule has 0 saturated carbocycles. The first-order valence-corrected chi connectivity index (χ1v) is 16.0. The zero-order valence-corrected chi connectivity index (χ0v) is 25.1. The molecule has 1 saturated heterocycles. The van der Waals surface area contributed by atoms with Crippen molar-refractivity contribution < 1.29 is 38.2 Å². The second kappa shape index (κ2) is 13.3. The number of hydrogen-bond donors (Lipinski definition) is 2. The highest BCUT2D eigenvalue weighted by atomic mass is 28.3. The van der Waals surface area contributed by atoms with Gasteiger partial charge in [0.2, 0.25) is 5.91 Å². The van der Waals surface area contributed by atoms with E-state index in [1.165, 1.54) is 22.0 Å². The van der Waals surface area contributed by atoms with Crippen LogP contribution in [-0.2, 0) is 23.5 Å². The molecular formula is C27H43N3O8Si. The molecular weight excluding hydrogens is 522 g/mol. The van der Waals surface area contributed by atoms with Crippen LogP contribution in [0.4, 0.5) is 9.59 Å². The zero-order chi connectivity index (χ0) is 29.5. The topological polar surface area (TPSA) is 135 Å². The summed E-state index contributed by atoms with van der Waals surface area (Å²) in [5, 5.41) is 12.6. The number of β-lactam (4-membered cyclic amide) rings is 1. The highest BCUT2D eigenvalue weighted by Crippen LogP contribution is 2.53. The van der Waals surface area contributed by atoms with Crippen molar-refractivity contribution in [1.82, 2.24) is 15.1 Å². The number of carboxylic acids is 1. The molecule has 0 radical (unpaired) electrons. The van der Waals surface area contributed by atoms with Crippen LogP contribution >= 0.6 is 0 Å². The van der Waals surface area contributed by atoms with Crippen LogP contribution in [0, 0.1) is 11.3 Å². The summed E-state index contributed by atoms with van der Waals surface area (Å²) < 4.78 is 16.6. The molecule has 0 aliphatic carbocycles. The van der Waals surface area contributed by atoms with Crippen molar-refractivity contribution in [3.8, 4) is 0 Å². The van der Waals surface area contributed by atoms with E-state index in [1.807, 2.05) is 40.8 Å². The lowest BCUT2D eigenvalue weighted by Gasteiger charge is -2.57. The number of aliphatic carboxylic acids is 1. The first-order chi connectivity index (χ1) is 18.2. The Morgan fingerprint density at radius 1 is 1.15 bits per heavy atom. The molecule has 0 unspecified atom stereocenters. The third-order valence-electron chi connectivity index (χ3n) is 7.19. The number of rotatable bonds is 14. The molecule has 2 aliphatic rings. The second-order valence-corrected chi connectivity index (χ2v) is 13.5. The van der Waals surface area contributed by atoms with Gasteiger partial charge >= 0.3 is 18.2 Å². The van der Waals surface area contributed by atoms with Gasteiger partial charge in [-0.3, -0.25) is 4.79 Å². The van der Waals surface area contributed by atoms with Gasteiger partial charge in [-0.25, -0.2) is 14.4 Å². The molecule has 0 aromatic carbocycles. The van der Waals surface area contributed by atoms with Crippen molar-refractivity contribution in [3.05, 3.63) is 36.6 Å². The highest BCUT2D eigenvalue weighted by Gasteiger charge is 2.64. The summed E-state index contributed by atoms with van der Waals surface area (Å²) >= 11 is 0. The fourth-order valence-corrected chi connectivity index (χ4v) is 6.56. The Bertz CT molecular complexity index is 1010. The monoisotopic (exact) mass is 565 g/mol. The van der Waals surface area contributed by atoms with E-state index in [9.17, 15) is 24.3 Å². The predicted octanol–water partition coefficient (Wildman–Crippen LogP) is 3.29. The lowest BCUT2D eigenvalue weighted by atomic mass is 9.63. The zero-order valence-electron chi connectivity index (χ0n) is 24.0. The molecule has 39 heavy (non-hydrogen) atoms. The molecule has 0 bridgehead atoms. The lowest BCUT2D eigenvalue weighted by Crippen LogP contribution is -2.70. The maximum Gasteiger partial charge on any atom is 0.410 e. The molecule has 0 aromatic rings. The van der Waals surface area contributed by atoms with Crippen LogP contribution in [0.15, 0.2) is 36.6 Å². The Balaban J connectivity index is 2.25. The summed E-state index contributed by atoms with van der Waals surface area (Å²) in [6, 6.07) is -0.372. The number of nitrogens with one attached hydrogen (secondary N) is 1. The third-order valence-corrected chi connectivity index (χ3v) is 8.15. The number of nitrogens with zero attached hydrogens (tertiary/aromatic N) is 2. The average molecular weight is 566 g/mol. The van der Waals surface area contributed by atoms with E-state index in [0.717, 1.165) is 0 Å². The van der Waals surface area contributed by atoms with Gasteiger partial charge in [0, 0.05) is 19.6 Å². The molecule has 12 heteroatoms. The van der Waals surface area contributed by atoms with Gasteiger partial charge in [-0.15, -0.1) is 0 Å². The van der Waals surface area contributed by atoms with Crippen molar-refractivity contribution in [1.29, 1.82) is 0 Å². The summed E-state index contributed by atoms with van der Waals surface area (Å²) in [6.07, 6.45) is 2.31. The van der Waals surface area contributed by atoms with Crippen LogP contribution in [0.3, 0.4) is 0 Å². The van der Waals surface area contributed by atoms with E-state index >= 15 is 0 Å². The summed E-state index contributed by atoms with van der Waals surface area (Å²) in [7, 11) is -1.55. The Morgan fingerprint density at radius 2 is 1.77 bits per heavy atom. The van der Waals surface area contributed by atoms with E-state index < -0.39 is 38.7 Å². The van der Waals surface area contributed by atoms with Gasteiger partial charge in [0.25, 0.3) is 0 Å². The van der Waals surface area contributed by atoms with Crippen molar-refractivity contribution >= 4 is 33.1 Å². The minimum absolute atomic E-state index is 0.0119. The SMILES string of the molecule is C=CCOC(=O)NCCCN(CC1=C(C(=O)O)N2C(=O)[C@H]([C@@](C)(O[SiH](C)C)C(C)(C)C)[C@H]2C1)C(=O)OCC=C. The van der Waals surface area contributed by atoms with Gasteiger partial charge in [0.15, 0.2) is 9.04 Å². The Kier molecular flexibility index (Phi) is 10.9. The first kappa shape index (κ1) is 32.1. The van der Waals surface area contributed by atoms with Gasteiger partial charge in [-0.05, 0) is 43.8 Å². The number of carbonyl (C=O) groups is 4. The molecule has 218 valence electrons. The maximum absolute atomic E-state index is 13.5. The quantitative estimate of drug-likeness (QED) is 0.142. The van der Waals surface area contributed by atoms with Crippen LogP contribution in [0.1, 0.15) is 40.5 Å². The summed E-state index contributed by atoms with van der Waals surface area (Å²) in [5.74, 6) is -2.00. The number of carboxylic acid groups (broad SMARTS) is 1. The molecule has 11 nitrogen and oxygen atoms in total. The summed E-state index contributed by atoms with van der Waals surface area (Å²) in [5.41, 5.74) is -0.773. The molecule has 2 N–H and O–H groups in total. The molecule has 0 spiro atoms. The second-order valence-electron chi connectivity index (χ2n) is 11.2. The minimum atomic E-state index is -1.55.